The number of rotatable bonds is 4. The van der Waals surface area contributed by atoms with Crippen molar-refractivity contribution in [2.75, 3.05) is 19.6 Å². The van der Waals surface area contributed by atoms with Crippen molar-refractivity contribution in [3.63, 3.8) is 0 Å². The standard InChI is InChI=1S/C16H23FN2O2/c1-3-8-18-13-7-9-19(10-11(13)2)16(21)15-12(17)5-4-6-14(15)20/h4-6,11,13,18,20H,3,7-10H2,1-2H3. The number of benzene rings is 1. The predicted molar refractivity (Wildman–Crippen MR) is 79.8 cm³/mol. The fourth-order valence-corrected chi connectivity index (χ4v) is 2.85. The van der Waals surface area contributed by atoms with E-state index in [9.17, 15) is 14.3 Å². The third kappa shape index (κ3) is 3.53. The molecule has 1 fully saturated rings. The quantitative estimate of drug-likeness (QED) is 0.896. The van der Waals surface area contributed by atoms with Crippen molar-refractivity contribution in [1.29, 1.82) is 0 Å². The van der Waals surface area contributed by atoms with Crippen molar-refractivity contribution in [3.8, 4) is 5.75 Å². The SMILES string of the molecule is CCCNC1CCN(C(=O)c2c(O)cccc2F)CC1C. The van der Waals surface area contributed by atoms with Crippen molar-refractivity contribution in [2.24, 2.45) is 5.92 Å². The highest BCUT2D eigenvalue weighted by Crippen LogP contribution is 2.25. The Morgan fingerprint density at radius 1 is 1.52 bits per heavy atom. The van der Waals surface area contributed by atoms with Crippen LogP contribution in [0.5, 0.6) is 5.75 Å². The second-order valence-electron chi connectivity index (χ2n) is 5.71. The van der Waals surface area contributed by atoms with E-state index in [1.54, 1.807) is 4.90 Å². The van der Waals surface area contributed by atoms with Crippen molar-refractivity contribution < 1.29 is 14.3 Å². The van der Waals surface area contributed by atoms with Crippen LogP contribution < -0.4 is 5.32 Å². The molecule has 1 heterocycles. The summed E-state index contributed by atoms with van der Waals surface area (Å²) >= 11 is 0. The van der Waals surface area contributed by atoms with Crippen LogP contribution in [-0.4, -0.2) is 41.6 Å². The van der Waals surface area contributed by atoms with Crippen LogP contribution in [0.1, 0.15) is 37.0 Å². The molecule has 21 heavy (non-hydrogen) atoms. The van der Waals surface area contributed by atoms with E-state index in [2.05, 4.69) is 19.2 Å². The molecule has 2 atom stereocenters. The smallest absolute Gasteiger partial charge is 0.260 e. The second-order valence-corrected chi connectivity index (χ2v) is 5.71. The Bertz CT molecular complexity index is 487. The third-order valence-electron chi connectivity index (χ3n) is 4.05. The first-order valence-electron chi connectivity index (χ1n) is 7.54. The minimum Gasteiger partial charge on any atom is -0.507 e. The number of phenols is 1. The van der Waals surface area contributed by atoms with Gasteiger partial charge in [-0.05, 0) is 37.4 Å². The van der Waals surface area contributed by atoms with Crippen LogP contribution in [0, 0.1) is 11.7 Å². The average molecular weight is 294 g/mol. The molecule has 2 unspecified atom stereocenters. The van der Waals surface area contributed by atoms with E-state index >= 15 is 0 Å². The monoisotopic (exact) mass is 294 g/mol. The summed E-state index contributed by atoms with van der Waals surface area (Å²) in [5.74, 6) is -1.08. The van der Waals surface area contributed by atoms with Crippen LogP contribution in [0.3, 0.4) is 0 Å². The number of hydrogen-bond acceptors (Lipinski definition) is 3. The maximum atomic E-state index is 13.8. The second kappa shape index (κ2) is 6.89. The van der Waals surface area contributed by atoms with E-state index in [1.165, 1.54) is 18.2 Å². The molecule has 1 aromatic rings. The number of hydrogen-bond donors (Lipinski definition) is 2. The molecule has 1 aromatic carbocycles. The van der Waals surface area contributed by atoms with Crippen molar-refractivity contribution in [2.45, 2.75) is 32.7 Å². The lowest BCUT2D eigenvalue weighted by atomic mass is 9.93. The zero-order valence-corrected chi connectivity index (χ0v) is 12.6. The minimum absolute atomic E-state index is 0.218. The highest BCUT2D eigenvalue weighted by atomic mass is 19.1. The first kappa shape index (κ1) is 15.8. The molecule has 0 saturated carbocycles. The number of halogens is 1. The average Bonchev–Trinajstić information content (AvgIpc) is 2.45. The summed E-state index contributed by atoms with van der Waals surface area (Å²) in [6.45, 7) is 6.34. The number of piperidine rings is 1. The lowest BCUT2D eigenvalue weighted by Crippen LogP contribution is -2.50. The molecule has 1 aliphatic rings. The molecule has 1 aliphatic heterocycles. The van der Waals surface area contributed by atoms with Crippen molar-refractivity contribution in [3.05, 3.63) is 29.6 Å². The summed E-state index contributed by atoms with van der Waals surface area (Å²) in [5, 5.41) is 13.2. The Kier molecular flexibility index (Phi) is 5.17. The Balaban J connectivity index is 2.05. The maximum absolute atomic E-state index is 13.8. The number of nitrogens with one attached hydrogen (secondary N) is 1. The lowest BCUT2D eigenvalue weighted by Gasteiger charge is -2.37. The number of likely N-dealkylation sites (tertiary alicyclic amines) is 1. The van der Waals surface area contributed by atoms with Gasteiger partial charge >= 0.3 is 0 Å². The normalized spacial score (nSPS) is 22.3. The molecule has 5 heteroatoms. The van der Waals surface area contributed by atoms with Gasteiger partial charge < -0.3 is 15.3 Å². The number of amides is 1. The molecule has 2 N–H and O–H groups in total. The summed E-state index contributed by atoms with van der Waals surface area (Å²) < 4.78 is 13.8. The molecule has 116 valence electrons. The van der Waals surface area contributed by atoms with Gasteiger partial charge in [0, 0.05) is 19.1 Å². The molecule has 2 rings (SSSR count). The van der Waals surface area contributed by atoms with Gasteiger partial charge in [-0.15, -0.1) is 0 Å². The van der Waals surface area contributed by atoms with Gasteiger partial charge in [0.15, 0.2) is 0 Å². The molecular formula is C16H23FN2O2. The van der Waals surface area contributed by atoms with Crippen LogP contribution in [0.4, 0.5) is 4.39 Å². The van der Waals surface area contributed by atoms with E-state index in [-0.39, 0.29) is 11.3 Å². The van der Waals surface area contributed by atoms with Gasteiger partial charge in [0.05, 0.1) is 0 Å². The molecule has 1 saturated heterocycles. The van der Waals surface area contributed by atoms with Crippen LogP contribution in [0.25, 0.3) is 0 Å². The number of nitrogens with zero attached hydrogens (tertiary/aromatic N) is 1. The Labute approximate surface area is 125 Å². The molecule has 0 bridgehead atoms. The van der Waals surface area contributed by atoms with Gasteiger partial charge in [0.25, 0.3) is 5.91 Å². The summed E-state index contributed by atoms with van der Waals surface area (Å²) in [4.78, 5) is 14.0. The van der Waals surface area contributed by atoms with Gasteiger partial charge in [-0.3, -0.25) is 4.79 Å². The van der Waals surface area contributed by atoms with Gasteiger partial charge in [0.2, 0.25) is 0 Å². The van der Waals surface area contributed by atoms with Crippen LogP contribution in [0.2, 0.25) is 0 Å². The topological polar surface area (TPSA) is 52.6 Å². The van der Waals surface area contributed by atoms with Gasteiger partial charge in [0.1, 0.15) is 17.1 Å². The highest BCUT2D eigenvalue weighted by molar-refractivity contribution is 5.97. The first-order valence-corrected chi connectivity index (χ1v) is 7.54. The van der Waals surface area contributed by atoms with Crippen LogP contribution >= 0.6 is 0 Å². The van der Waals surface area contributed by atoms with E-state index in [4.69, 9.17) is 0 Å². The van der Waals surface area contributed by atoms with Gasteiger partial charge in [-0.2, -0.15) is 0 Å². The predicted octanol–water partition coefficient (Wildman–Crippen LogP) is 2.38. The van der Waals surface area contributed by atoms with E-state index in [0.29, 0.717) is 25.0 Å². The van der Waals surface area contributed by atoms with Crippen molar-refractivity contribution in [1.82, 2.24) is 10.2 Å². The summed E-state index contributed by atoms with van der Waals surface area (Å²) in [5.41, 5.74) is -0.218. The third-order valence-corrected chi connectivity index (χ3v) is 4.05. The Hall–Kier alpha value is -1.62. The fourth-order valence-electron chi connectivity index (χ4n) is 2.85. The fraction of sp³-hybridized carbons (Fsp3) is 0.562. The zero-order valence-electron chi connectivity index (χ0n) is 12.6. The van der Waals surface area contributed by atoms with Crippen LogP contribution in [0.15, 0.2) is 18.2 Å². The van der Waals surface area contributed by atoms with Gasteiger partial charge in [-0.25, -0.2) is 4.39 Å². The number of carbonyl (C=O) groups is 1. The zero-order chi connectivity index (χ0) is 15.4. The Morgan fingerprint density at radius 2 is 2.29 bits per heavy atom. The first-order chi connectivity index (χ1) is 10.0. The molecule has 0 aromatic heterocycles. The molecule has 1 amide bonds. The number of aromatic hydroxyl groups is 1. The minimum atomic E-state index is -0.668. The van der Waals surface area contributed by atoms with E-state index in [0.717, 1.165) is 19.4 Å². The Morgan fingerprint density at radius 3 is 2.90 bits per heavy atom. The van der Waals surface area contributed by atoms with E-state index in [1.807, 2.05) is 0 Å². The number of carbonyl (C=O) groups excluding carboxylic acids is 1. The van der Waals surface area contributed by atoms with Gasteiger partial charge in [-0.1, -0.05) is 19.9 Å². The summed E-state index contributed by atoms with van der Waals surface area (Å²) in [7, 11) is 0. The molecule has 0 spiro atoms. The molecule has 0 radical (unpaired) electrons. The highest BCUT2D eigenvalue weighted by Gasteiger charge is 2.30. The summed E-state index contributed by atoms with van der Waals surface area (Å²) in [6.07, 6.45) is 1.93. The van der Waals surface area contributed by atoms with E-state index < -0.39 is 11.7 Å². The molecule has 0 aliphatic carbocycles. The largest absolute Gasteiger partial charge is 0.507 e. The van der Waals surface area contributed by atoms with Crippen molar-refractivity contribution >= 4 is 5.91 Å². The molecule has 4 nitrogen and oxygen atoms in total. The molecular weight excluding hydrogens is 271 g/mol. The summed E-state index contributed by atoms with van der Waals surface area (Å²) in [6, 6.07) is 4.33. The number of phenolic OH excluding ortho intramolecular Hbond substituents is 1. The lowest BCUT2D eigenvalue weighted by molar-refractivity contribution is 0.0637. The maximum Gasteiger partial charge on any atom is 0.260 e. The van der Waals surface area contributed by atoms with Crippen LogP contribution in [-0.2, 0) is 0 Å².